The molecule has 1 spiro atoms. The number of carbonyl (C=O) groups is 6. The van der Waals surface area contributed by atoms with Gasteiger partial charge in [0.1, 0.15) is 23.7 Å². The second kappa shape index (κ2) is 23.5. The van der Waals surface area contributed by atoms with E-state index in [1.165, 1.54) is 0 Å². The molecule has 4 rings (SSSR count). The fraction of sp³-hybridized carbons (Fsp3) is 0.571. The zero-order valence-electron chi connectivity index (χ0n) is 34.1. The lowest BCUT2D eigenvalue weighted by Crippen LogP contribution is -2.60. The molecule has 2 aliphatic rings. The van der Waals surface area contributed by atoms with Crippen LogP contribution in [-0.2, 0) is 46.3 Å². The summed E-state index contributed by atoms with van der Waals surface area (Å²) in [4.78, 5) is 81.8. The predicted molar refractivity (Wildman–Crippen MR) is 218 cm³/mol. The molecule has 58 heavy (non-hydrogen) atoms. The van der Waals surface area contributed by atoms with Crippen LogP contribution in [-0.4, -0.2) is 123 Å². The number of benzene rings is 2. The van der Waals surface area contributed by atoms with Crippen LogP contribution in [0.4, 0.5) is 4.79 Å². The first-order valence-electron chi connectivity index (χ1n) is 20.3. The molecule has 4 atom stereocenters. The van der Waals surface area contributed by atoms with E-state index < -0.39 is 59.4 Å². The fourth-order valence-corrected chi connectivity index (χ4v) is 7.12. The fourth-order valence-electron chi connectivity index (χ4n) is 7.12. The molecule has 2 aromatic rings. The Bertz CT molecular complexity index is 1640. The molecule has 0 bridgehead atoms. The summed E-state index contributed by atoms with van der Waals surface area (Å²) in [6, 6.07) is 14.2. The van der Waals surface area contributed by atoms with Gasteiger partial charge in [-0.15, -0.1) is 0 Å². The van der Waals surface area contributed by atoms with E-state index in [9.17, 15) is 28.8 Å². The summed E-state index contributed by atoms with van der Waals surface area (Å²) < 4.78 is 10.5. The van der Waals surface area contributed by atoms with Crippen LogP contribution in [0, 0.1) is 5.92 Å². The maximum Gasteiger partial charge on any atom is 0.322 e. The van der Waals surface area contributed by atoms with Gasteiger partial charge in [-0.25, -0.2) is 4.79 Å². The number of ether oxygens (including phenoxy) is 2. The van der Waals surface area contributed by atoms with Crippen LogP contribution in [0.25, 0.3) is 0 Å². The predicted octanol–water partition coefficient (Wildman–Crippen LogP) is 0.923. The van der Waals surface area contributed by atoms with Crippen molar-refractivity contribution in [2.45, 2.75) is 94.9 Å². The number of nitrogens with zero attached hydrogens (tertiary/aromatic N) is 1. The number of imide groups is 1. The maximum absolute atomic E-state index is 14.2. The van der Waals surface area contributed by atoms with E-state index in [-0.39, 0.29) is 57.0 Å². The van der Waals surface area contributed by atoms with Crippen molar-refractivity contribution in [2.75, 3.05) is 53.1 Å². The molecule has 2 saturated heterocycles. The van der Waals surface area contributed by atoms with Crippen molar-refractivity contribution in [3.8, 4) is 0 Å². The lowest BCUT2D eigenvalue weighted by Gasteiger charge is -2.38. The first kappa shape index (κ1) is 45.8. The van der Waals surface area contributed by atoms with Gasteiger partial charge in [0.25, 0.3) is 5.91 Å². The molecule has 2 heterocycles. The molecule has 16 heteroatoms. The van der Waals surface area contributed by atoms with Crippen LogP contribution in [0.15, 0.2) is 60.7 Å². The Morgan fingerprint density at radius 1 is 0.776 bits per heavy atom. The van der Waals surface area contributed by atoms with Crippen LogP contribution in [0.3, 0.4) is 0 Å². The SMILES string of the molecule is COCCOCCNCCCCC(NC(=O)C(CC(C)C)NC(=O)C(Cc1ccccc1)NC(=O)C(N)Cc1ccccc1)C(=O)N1CCC2(CC1)NC(=O)NC2=O. The van der Waals surface area contributed by atoms with Gasteiger partial charge in [0, 0.05) is 33.2 Å². The molecular formula is C42H62N8O8. The molecule has 0 aromatic heterocycles. The Hall–Kier alpha value is -4.90. The average Bonchev–Trinajstić information content (AvgIpc) is 3.48. The van der Waals surface area contributed by atoms with Gasteiger partial charge in [0.15, 0.2) is 0 Å². The minimum atomic E-state index is -1.06. The minimum absolute atomic E-state index is 0.0118. The molecule has 318 valence electrons. The van der Waals surface area contributed by atoms with E-state index in [1.54, 1.807) is 12.0 Å². The Morgan fingerprint density at radius 2 is 1.38 bits per heavy atom. The largest absolute Gasteiger partial charge is 0.382 e. The van der Waals surface area contributed by atoms with Crippen molar-refractivity contribution < 1.29 is 38.2 Å². The lowest BCUT2D eigenvalue weighted by atomic mass is 9.87. The van der Waals surface area contributed by atoms with Crippen molar-refractivity contribution >= 4 is 35.6 Å². The highest BCUT2D eigenvalue weighted by atomic mass is 16.5. The number of piperidine rings is 1. The molecule has 4 unspecified atom stereocenters. The quantitative estimate of drug-likeness (QED) is 0.0588. The number of methoxy groups -OCH3 is 1. The van der Waals surface area contributed by atoms with Crippen molar-refractivity contribution in [1.29, 1.82) is 0 Å². The zero-order chi connectivity index (χ0) is 41.9. The summed E-state index contributed by atoms with van der Waals surface area (Å²) in [7, 11) is 1.62. The normalized spacial score (nSPS) is 16.9. The molecule has 0 radical (unpaired) electrons. The van der Waals surface area contributed by atoms with E-state index in [2.05, 4.69) is 31.9 Å². The van der Waals surface area contributed by atoms with Gasteiger partial charge in [0.2, 0.25) is 23.6 Å². The number of carbonyl (C=O) groups excluding carboxylic acids is 6. The second-order valence-electron chi connectivity index (χ2n) is 15.5. The number of likely N-dealkylation sites (tertiary alicyclic amines) is 1. The van der Waals surface area contributed by atoms with Gasteiger partial charge in [-0.3, -0.25) is 29.3 Å². The van der Waals surface area contributed by atoms with Crippen LogP contribution < -0.4 is 37.6 Å². The average molecular weight is 807 g/mol. The highest BCUT2D eigenvalue weighted by Crippen LogP contribution is 2.26. The van der Waals surface area contributed by atoms with E-state index in [0.29, 0.717) is 45.8 Å². The number of urea groups is 1. The number of unbranched alkanes of at least 4 members (excludes halogenated alkanes) is 1. The van der Waals surface area contributed by atoms with Crippen molar-refractivity contribution in [3.05, 3.63) is 71.8 Å². The van der Waals surface area contributed by atoms with E-state index in [1.807, 2.05) is 74.5 Å². The van der Waals surface area contributed by atoms with Crippen LogP contribution in [0.2, 0.25) is 0 Å². The molecule has 2 fully saturated rings. The minimum Gasteiger partial charge on any atom is -0.382 e. The van der Waals surface area contributed by atoms with E-state index >= 15 is 0 Å². The molecular weight excluding hydrogens is 745 g/mol. The van der Waals surface area contributed by atoms with Gasteiger partial charge < -0.3 is 46.7 Å². The molecule has 0 saturated carbocycles. The summed E-state index contributed by atoms with van der Waals surface area (Å²) >= 11 is 0. The third kappa shape index (κ3) is 14.5. The zero-order valence-corrected chi connectivity index (χ0v) is 34.1. The summed E-state index contributed by atoms with van der Waals surface area (Å²) in [6.07, 6.45) is 2.87. The number of nitrogens with two attached hydrogens (primary N) is 1. The maximum atomic E-state index is 14.2. The molecule has 2 aromatic carbocycles. The summed E-state index contributed by atoms with van der Waals surface area (Å²) in [5.74, 6) is -2.29. The van der Waals surface area contributed by atoms with Crippen LogP contribution in [0.5, 0.6) is 0 Å². The molecule has 8 N–H and O–H groups in total. The highest BCUT2D eigenvalue weighted by molar-refractivity contribution is 6.07. The summed E-state index contributed by atoms with van der Waals surface area (Å²) in [5.41, 5.74) is 6.93. The smallest absolute Gasteiger partial charge is 0.322 e. The first-order valence-corrected chi connectivity index (χ1v) is 20.3. The molecule has 16 nitrogen and oxygen atoms in total. The van der Waals surface area contributed by atoms with Crippen molar-refractivity contribution in [1.82, 2.24) is 36.8 Å². The molecule has 0 aliphatic carbocycles. The van der Waals surface area contributed by atoms with Gasteiger partial charge in [0.05, 0.1) is 25.9 Å². The Morgan fingerprint density at radius 3 is 1.98 bits per heavy atom. The standard InChI is InChI=1S/C42H62N8O8/c1-29(2)26-34(47-38(53)35(28-31-14-8-5-9-15-31)46-36(51)32(43)27-30-12-6-4-7-13-30)37(52)45-33(16-10-11-19-44-20-23-58-25-24-57-3)39(54)50-21-17-42(18-22-50)40(55)48-41(56)49-42/h4-9,12-15,29,32-35,44H,10-11,16-28,43H2,1-3H3,(H,45,52)(H,46,51)(H,47,53)(H2,48,49,55,56). The number of hydrogen-bond acceptors (Lipinski definition) is 10. The first-order chi connectivity index (χ1) is 27.9. The molecule has 7 amide bonds. The van der Waals surface area contributed by atoms with Gasteiger partial charge in [-0.2, -0.15) is 0 Å². The Kier molecular flexibility index (Phi) is 18.5. The van der Waals surface area contributed by atoms with Crippen molar-refractivity contribution in [2.24, 2.45) is 11.7 Å². The van der Waals surface area contributed by atoms with Crippen LogP contribution in [0.1, 0.15) is 63.5 Å². The number of nitrogens with one attached hydrogen (secondary N) is 6. The van der Waals surface area contributed by atoms with Gasteiger partial charge in [-0.1, -0.05) is 74.5 Å². The summed E-state index contributed by atoms with van der Waals surface area (Å²) in [6.45, 7) is 7.19. The lowest BCUT2D eigenvalue weighted by molar-refractivity contribution is -0.140. The van der Waals surface area contributed by atoms with E-state index in [0.717, 1.165) is 17.5 Å². The van der Waals surface area contributed by atoms with Gasteiger partial charge in [-0.05, 0) is 68.5 Å². The second-order valence-corrected chi connectivity index (χ2v) is 15.5. The van der Waals surface area contributed by atoms with E-state index in [4.69, 9.17) is 15.2 Å². The van der Waals surface area contributed by atoms with Gasteiger partial charge >= 0.3 is 6.03 Å². The summed E-state index contributed by atoms with van der Waals surface area (Å²) in [5, 5.41) is 17.0. The number of amides is 7. The highest BCUT2D eigenvalue weighted by Gasteiger charge is 2.49. The third-order valence-electron chi connectivity index (χ3n) is 10.4. The number of hydrogen-bond donors (Lipinski definition) is 7. The van der Waals surface area contributed by atoms with Crippen LogP contribution >= 0.6 is 0 Å². The monoisotopic (exact) mass is 806 g/mol. The topological polar surface area (TPSA) is 222 Å². The third-order valence-corrected chi connectivity index (χ3v) is 10.4. The van der Waals surface area contributed by atoms with Crippen molar-refractivity contribution in [3.63, 3.8) is 0 Å². The molecule has 2 aliphatic heterocycles. The Balaban J connectivity index is 1.44. The Labute approximate surface area is 341 Å². The number of rotatable bonds is 24.